The van der Waals surface area contributed by atoms with Gasteiger partial charge in [0.2, 0.25) is 0 Å². The van der Waals surface area contributed by atoms with E-state index in [1.807, 2.05) is 17.5 Å². The van der Waals surface area contributed by atoms with E-state index in [1.165, 1.54) is 154 Å². The van der Waals surface area contributed by atoms with E-state index in [9.17, 15) is 8.42 Å². The van der Waals surface area contributed by atoms with Crippen LogP contribution in [-0.2, 0) is 10.0 Å². The lowest BCUT2D eigenvalue weighted by Gasteiger charge is -2.32. The summed E-state index contributed by atoms with van der Waals surface area (Å²) in [6, 6.07) is 3.85. The normalized spacial score (nSPS) is 13.9. The molecule has 3 rings (SSSR count). The quantitative estimate of drug-likeness (QED) is 0.0850. The highest BCUT2D eigenvalue weighted by molar-refractivity contribution is 7.93. The third-order valence-electron chi connectivity index (χ3n) is 9.67. The van der Waals surface area contributed by atoms with Gasteiger partial charge in [0, 0.05) is 6.54 Å². The highest BCUT2D eigenvalue weighted by atomic mass is 32.2. The molecule has 1 aliphatic heterocycles. The molecule has 0 spiro atoms. The molecule has 2 aromatic heterocycles. The fourth-order valence-corrected chi connectivity index (χ4v) is 11.1. The van der Waals surface area contributed by atoms with Crippen LogP contribution in [0.3, 0.4) is 0 Å². The fraction of sp³-hybridized carbons (Fsp3) is 0.789. The number of fused-ring (bicyclic) bond motifs is 3. The van der Waals surface area contributed by atoms with Crippen LogP contribution < -0.4 is 4.31 Å². The molecule has 0 aromatic carbocycles. The van der Waals surface area contributed by atoms with Gasteiger partial charge in [-0.1, -0.05) is 168 Å². The summed E-state index contributed by atoms with van der Waals surface area (Å²) in [7, 11) is -3.48. The van der Waals surface area contributed by atoms with Gasteiger partial charge in [-0.05, 0) is 41.7 Å². The van der Waals surface area contributed by atoms with Crippen molar-refractivity contribution in [2.75, 3.05) is 10.8 Å². The average molecular weight is 664 g/mol. The minimum atomic E-state index is -3.48. The van der Waals surface area contributed by atoms with Gasteiger partial charge in [0.15, 0.2) is 0 Å². The Labute approximate surface area is 280 Å². The summed E-state index contributed by atoms with van der Waals surface area (Å²) in [6.45, 7) is 5.21. The molecule has 3 heterocycles. The summed E-state index contributed by atoms with van der Waals surface area (Å²) >= 11 is 3.24. The molecule has 0 fully saturated rings. The molecule has 0 saturated heterocycles. The van der Waals surface area contributed by atoms with Crippen LogP contribution in [0.4, 0.5) is 5.69 Å². The lowest BCUT2D eigenvalue weighted by molar-refractivity contribution is 0.408. The first kappa shape index (κ1) is 37.6. The number of thiophene rings is 2. The Morgan fingerprint density at radius 2 is 0.932 bits per heavy atom. The van der Waals surface area contributed by atoms with Crippen LogP contribution in [0, 0.1) is 5.92 Å². The first-order chi connectivity index (χ1) is 21.6. The van der Waals surface area contributed by atoms with Crippen LogP contribution in [0.5, 0.6) is 0 Å². The number of nitrogens with zero attached hydrogens (tertiary/aromatic N) is 1. The third-order valence-corrected chi connectivity index (χ3v) is 13.6. The van der Waals surface area contributed by atoms with E-state index >= 15 is 0 Å². The van der Waals surface area contributed by atoms with Gasteiger partial charge in [-0.25, -0.2) is 8.42 Å². The zero-order valence-corrected chi connectivity index (χ0v) is 30.9. The van der Waals surface area contributed by atoms with Crippen molar-refractivity contribution in [3.05, 3.63) is 22.9 Å². The maximum absolute atomic E-state index is 13.7. The number of hydrogen-bond donors (Lipinski definition) is 0. The molecule has 0 radical (unpaired) electrons. The predicted octanol–water partition coefficient (Wildman–Crippen LogP) is 13.8. The lowest BCUT2D eigenvalue weighted by Crippen LogP contribution is -2.37. The molecule has 0 N–H and O–H groups in total. The van der Waals surface area contributed by atoms with Gasteiger partial charge in [0.25, 0.3) is 10.0 Å². The van der Waals surface area contributed by atoms with Gasteiger partial charge in [0.05, 0.1) is 15.4 Å². The third kappa shape index (κ3) is 13.1. The van der Waals surface area contributed by atoms with E-state index in [0.717, 1.165) is 28.3 Å². The second-order valence-electron chi connectivity index (χ2n) is 13.5. The molecule has 0 amide bonds. The van der Waals surface area contributed by atoms with E-state index in [1.54, 1.807) is 27.0 Å². The molecule has 0 unspecified atom stereocenters. The molecule has 6 heteroatoms. The molecule has 3 nitrogen and oxygen atoms in total. The van der Waals surface area contributed by atoms with Crippen molar-refractivity contribution < 1.29 is 8.42 Å². The van der Waals surface area contributed by atoms with Crippen molar-refractivity contribution >= 4 is 38.4 Å². The Morgan fingerprint density at radius 1 is 0.545 bits per heavy atom. The van der Waals surface area contributed by atoms with Crippen LogP contribution in [0.1, 0.15) is 181 Å². The van der Waals surface area contributed by atoms with Crippen molar-refractivity contribution in [1.82, 2.24) is 0 Å². The van der Waals surface area contributed by atoms with E-state index in [-0.39, 0.29) is 0 Å². The van der Waals surface area contributed by atoms with Crippen LogP contribution in [-0.4, -0.2) is 15.0 Å². The van der Waals surface area contributed by atoms with Crippen LogP contribution in [0.2, 0.25) is 0 Å². The first-order valence-corrected chi connectivity index (χ1v) is 22.0. The van der Waals surface area contributed by atoms with Crippen molar-refractivity contribution in [1.29, 1.82) is 0 Å². The van der Waals surface area contributed by atoms with Gasteiger partial charge in [-0.15, -0.1) is 22.7 Å². The number of rotatable bonds is 28. The van der Waals surface area contributed by atoms with E-state index < -0.39 is 10.0 Å². The molecular weight excluding hydrogens is 599 g/mol. The Bertz CT molecular complexity index is 1060. The smallest absolute Gasteiger partial charge is 0.264 e. The van der Waals surface area contributed by atoms with Gasteiger partial charge in [-0.3, -0.25) is 4.31 Å². The van der Waals surface area contributed by atoms with E-state index in [2.05, 4.69) is 19.2 Å². The highest BCUT2D eigenvalue weighted by Gasteiger charge is 2.37. The Balaban J connectivity index is 1.40. The number of sulfonamides is 1. The summed E-state index contributed by atoms with van der Waals surface area (Å²) < 4.78 is 29.3. The molecule has 0 saturated carbocycles. The maximum Gasteiger partial charge on any atom is 0.265 e. The fourth-order valence-electron chi connectivity index (χ4n) is 6.89. The van der Waals surface area contributed by atoms with Gasteiger partial charge >= 0.3 is 0 Å². The monoisotopic (exact) mass is 663 g/mol. The summed E-state index contributed by atoms with van der Waals surface area (Å²) in [4.78, 5) is 2.59. The molecule has 0 bridgehead atoms. The summed E-state index contributed by atoms with van der Waals surface area (Å²) in [5.41, 5.74) is 0.916. The molecule has 252 valence electrons. The minimum Gasteiger partial charge on any atom is -0.264 e. The lowest BCUT2D eigenvalue weighted by atomic mass is 9.93. The Hall–Kier alpha value is -0.850. The Morgan fingerprint density at radius 3 is 1.39 bits per heavy atom. The van der Waals surface area contributed by atoms with Crippen molar-refractivity contribution in [2.45, 2.75) is 186 Å². The second-order valence-corrected chi connectivity index (χ2v) is 17.2. The van der Waals surface area contributed by atoms with Gasteiger partial charge < -0.3 is 0 Å². The first-order valence-electron chi connectivity index (χ1n) is 18.8. The largest absolute Gasteiger partial charge is 0.265 e. The van der Waals surface area contributed by atoms with Gasteiger partial charge in [-0.2, -0.15) is 0 Å². The van der Waals surface area contributed by atoms with Crippen LogP contribution in [0.15, 0.2) is 27.8 Å². The molecular formula is C38H65NO2S3. The topological polar surface area (TPSA) is 37.4 Å². The Kier molecular flexibility index (Phi) is 19.3. The van der Waals surface area contributed by atoms with Gasteiger partial charge in [0.1, 0.15) is 4.90 Å². The minimum absolute atomic E-state index is 0.434. The zero-order chi connectivity index (χ0) is 31.3. The molecule has 1 aliphatic rings. The summed E-state index contributed by atoms with van der Waals surface area (Å²) in [5.74, 6) is 0.434. The number of unbranched alkanes of at least 4 members (excludes halogenated alkanes) is 22. The van der Waals surface area contributed by atoms with E-state index in [0.29, 0.717) is 17.4 Å². The van der Waals surface area contributed by atoms with E-state index in [4.69, 9.17) is 0 Å². The molecule has 0 atom stereocenters. The SMILES string of the molecule is CCCCCCCCCCCCCCC(CCCCCCCCCCCCCC)CN1c2ccsc2-c2sccc2S1(=O)=O. The van der Waals surface area contributed by atoms with Crippen molar-refractivity contribution in [3.8, 4) is 9.75 Å². The number of hydrogen-bond acceptors (Lipinski definition) is 4. The zero-order valence-electron chi connectivity index (χ0n) is 28.5. The molecule has 0 aliphatic carbocycles. The summed E-state index contributed by atoms with van der Waals surface area (Å²) in [5, 5.41) is 4.00. The average Bonchev–Trinajstić information content (AvgIpc) is 3.71. The molecule has 2 aromatic rings. The molecule has 44 heavy (non-hydrogen) atoms. The number of anilines is 1. The van der Waals surface area contributed by atoms with Crippen LogP contribution >= 0.6 is 22.7 Å². The second kappa shape index (κ2) is 22.6. The predicted molar refractivity (Wildman–Crippen MR) is 197 cm³/mol. The standard InChI is InChI=1S/C38H65NO2S3/c1-3-5-7-9-11-13-15-17-19-21-23-25-27-34(28-26-24-22-20-18-16-14-12-10-8-6-4-2)33-39-35-29-31-42-37(35)38-36(30-32-43-38)44(39,40)41/h29-32,34H,3-28,33H2,1-2H3. The van der Waals surface area contributed by atoms with Crippen molar-refractivity contribution in [2.24, 2.45) is 5.92 Å². The van der Waals surface area contributed by atoms with Crippen LogP contribution in [0.25, 0.3) is 9.75 Å². The maximum atomic E-state index is 13.7. The summed E-state index contributed by atoms with van der Waals surface area (Å²) in [6.07, 6.45) is 35.0. The highest BCUT2D eigenvalue weighted by Crippen LogP contribution is 2.49. The van der Waals surface area contributed by atoms with Crippen molar-refractivity contribution in [3.63, 3.8) is 0 Å².